The predicted molar refractivity (Wildman–Crippen MR) is 50.9 cm³/mol. The fourth-order valence-electron chi connectivity index (χ4n) is 0.891. The summed E-state index contributed by atoms with van der Waals surface area (Å²) in [6.45, 7) is 3.21. The van der Waals surface area contributed by atoms with Crippen molar-refractivity contribution >= 4 is 0 Å². The zero-order valence-electron chi connectivity index (χ0n) is 7.96. The molecule has 72 valence electrons. The summed E-state index contributed by atoms with van der Waals surface area (Å²) in [6, 6.07) is 0. The number of rotatable bonds is 8. The second-order valence-corrected chi connectivity index (χ2v) is 2.82. The van der Waals surface area contributed by atoms with E-state index in [2.05, 4.69) is 6.92 Å². The van der Waals surface area contributed by atoms with Crippen molar-refractivity contribution in [1.82, 2.24) is 0 Å². The number of aliphatic hydroxyl groups excluding tert-OH is 1. The van der Waals surface area contributed by atoms with Crippen LogP contribution in [0.5, 0.6) is 0 Å². The first-order chi connectivity index (χ1) is 5.91. The van der Waals surface area contributed by atoms with Crippen LogP contribution in [0.2, 0.25) is 0 Å². The van der Waals surface area contributed by atoms with E-state index in [-0.39, 0.29) is 6.61 Å². The number of hydrogen-bond donors (Lipinski definition) is 1. The van der Waals surface area contributed by atoms with Crippen LogP contribution in [0.25, 0.3) is 0 Å². The average Bonchev–Trinajstić information content (AvgIpc) is 2.10. The zero-order valence-corrected chi connectivity index (χ0v) is 7.96. The van der Waals surface area contributed by atoms with Crippen molar-refractivity contribution in [2.24, 2.45) is 0 Å². The van der Waals surface area contributed by atoms with Gasteiger partial charge in [0.25, 0.3) is 0 Å². The van der Waals surface area contributed by atoms with Gasteiger partial charge in [0, 0.05) is 6.61 Å². The highest BCUT2D eigenvalue weighted by Crippen LogP contribution is 1.98. The second kappa shape index (κ2) is 10.5. The summed E-state index contributed by atoms with van der Waals surface area (Å²) >= 11 is 0. The topological polar surface area (TPSA) is 29.5 Å². The molecule has 0 rings (SSSR count). The standard InChI is InChI=1S/C10H20O2/c1-2-3-4-6-9-12-10-7-5-8-11/h7,10-11H,2-6,8-9H2,1H3. The van der Waals surface area contributed by atoms with Crippen molar-refractivity contribution in [2.45, 2.75) is 39.0 Å². The lowest BCUT2D eigenvalue weighted by atomic mass is 10.2. The number of unbranched alkanes of at least 4 members (excludes halogenated alkanes) is 3. The fraction of sp³-hybridized carbons (Fsp3) is 0.800. The lowest BCUT2D eigenvalue weighted by Gasteiger charge is -1.99. The van der Waals surface area contributed by atoms with Gasteiger partial charge >= 0.3 is 0 Å². The molecule has 0 radical (unpaired) electrons. The Bertz CT molecular complexity index is 100. The lowest BCUT2D eigenvalue weighted by molar-refractivity contribution is 0.237. The molecule has 0 aliphatic carbocycles. The first-order valence-corrected chi connectivity index (χ1v) is 4.79. The van der Waals surface area contributed by atoms with Crippen LogP contribution in [-0.2, 0) is 4.74 Å². The lowest BCUT2D eigenvalue weighted by Crippen LogP contribution is -1.87. The van der Waals surface area contributed by atoms with Crippen molar-refractivity contribution in [1.29, 1.82) is 0 Å². The Morgan fingerprint density at radius 2 is 2.08 bits per heavy atom. The highest BCUT2D eigenvalue weighted by molar-refractivity contribution is 4.72. The molecule has 1 N–H and O–H groups in total. The summed E-state index contributed by atoms with van der Waals surface area (Å²) in [5.74, 6) is 0. The van der Waals surface area contributed by atoms with Crippen LogP contribution in [0.15, 0.2) is 12.3 Å². The van der Waals surface area contributed by atoms with Gasteiger partial charge in [-0.3, -0.25) is 0 Å². The second-order valence-electron chi connectivity index (χ2n) is 2.82. The summed E-state index contributed by atoms with van der Waals surface area (Å²) in [7, 11) is 0. The van der Waals surface area contributed by atoms with E-state index in [0.717, 1.165) is 13.0 Å². The maximum atomic E-state index is 8.43. The van der Waals surface area contributed by atoms with Crippen LogP contribution < -0.4 is 0 Å². The number of hydrogen-bond acceptors (Lipinski definition) is 2. The fourth-order valence-corrected chi connectivity index (χ4v) is 0.891. The van der Waals surface area contributed by atoms with Gasteiger partial charge in [-0.05, 0) is 18.9 Å². The van der Waals surface area contributed by atoms with Gasteiger partial charge in [-0.25, -0.2) is 0 Å². The summed E-state index contributed by atoms with van der Waals surface area (Å²) in [5.41, 5.74) is 0. The van der Waals surface area contributed by atoms with Gasteiger partial charge in [-0.15, -0.1) is 0 Å². The van der Waals surface area contributed by atoms with E-state index in [9.17, 15) is 0 Å². The largest absolute Gasteiger partial charge is 0.502 e. The molecule has 0 spiro atoms. The van der Waals surface area contributed by atoms with Crippen molar-refractivity contribution in [3.8, 4) is 0 Å². The van der Waals surface area contributed by atoms with E-state index >= 15 is 0 Å². The molecule has 0 saturated heterocycles. The molecule has 0 bridgehead atoms. The van der Waals surface area contributed by atoms with Crippen LogP contribution in [0.1, 0.15) is 39.0 Å². The summed E-state index contributed by atoms with van der Waals surface area (Å²) in [6.07, 6.45) is 9.17. The number of ether oxygens (including phenoxy) is 1. The minimum absolute atomic E-state index is 0.204. The van der Waals surface area contributed by atoms with Crippen molar-refractivity contribution < 1.29 is 9.84 Å². The summed E-state index contributed by atoms with van der Waals surface area (Å²) < 4.78 is 5.19. The Hall–Kier alpha value is -0.500. The molecule has 0 amide bonds. The quantitative estimate of drug-likeness (QED) is 0.450. The molecule has 0 aromatic carbocycles. The van der Waals surface area contributed by atoms with Crippen molar-refractivity contribution in [3.05, 3.63) is 12.3 Å². The maximum Gasteiger partial charge on any atom is 0.0873 e. The average molecular weight is 172 g/mol. The molecule has 0 heterocycles. The Balaban J connectivity index is 2.90. The van der Waals surface area contributed by atoms with Crippen LogP contribution in [0, 0.1) is 0 Å². The van der Waals surface area contributed by atoms with Crippen LogP contribution >= 0.6 is 0 Å². The van der Waals surface area contributed by atoms with E-state index < -0.39 is 0 Å². The maximum absolute atomic E-state index is 8.43. The molecule has 0 atom stereocenters. The first kappa shape index (κ1) is 11.5. The highest BCUT2D eigenvalue weighted by Gasteiger charge is 1.85. The van der Waals surface area contributed by atoms with Gasteiger partial charge in [-0.2, -0.15) is 0 Å². The van der Waals surface area contributed by atoms with Gasteiger partial charge in [0.2, 0.25) is 0 Å². The minimum Gasteiger partial charge on any atom is -0.502 e. The van der Waals surface area contributed by atoms with Crippen molar-refractivity contribution in [3.63, 3.8) is 0 Å². The van der Waals surface area contributed by atoms with E-state index in [0.29, 0.717) is 6.42 Å². The van der Waals surface area contributed by atoms with Gasteiger partial charge < -0.3 is 9.84 Å². The normalized spacial score (nSPS) is 10.8. The molecule has 0 saturated carbocycles. The molecule has 0 fully saturated rings. The number of aliphatic hydroxyl groups is 1. The van der Waals surface area contributed by atoms with Gasteiger partial charge in [0.05, 0.1) is 12.9 Å². The Labute approximate surface area is 75.2 Å². The van der Waals surface area contributed by atoms with Gasteiger partial charge in [0.1, 0.15) is 0 Å². The minimum atomic E-state index is 0.204. The molecule has 0 aliphatic heterocycles. The third-order valence-corrected chi connectivity index (χ3v) is 1.60. The smallest absolute Gasteiger partial charge is 0.0873 e. The van der Waals surface area contributed by atoms with Gasteiger partial charge in [0.15, 0.2) is 0 Å². The molecule has 2 heteroatoms. The van der Waals surface area contributed by atoms with E-state index in [1.165, 1.54) is 19.3 Å². The monoisotopic (exact) mass is 172 g/mol. The molecule has 0 aromatic heterocycles. The van der Waals surface area contributed by atoms with E-state index in [1.54, 1.807) is 6.26 Å². The third-order valence-electron chi connectivity index (χ3n) is 1.60. The Morgan fingerprint density at radius 3 is 2.75 bits per heavy atom. The molecular weight excluding hydrogens is 152 g/mol. The van der Waals surface area contributed by atoms with E-state index in [4.69, 9.17) is 9.84 Å². The summed E-state index contributed by atoms with van der Waals surface area (Å²) in [5, 5.41) is 8.43. The van der Waals surface area contributed by atoms with Crippen LogP contribution in [-0.4, -0.2) is 18.3 Å². The predicted octanol–water partition coefficient (Wildman–Crippen LogP) is 2.48. The van der Waals surface area contributed by atoms with Crippen molar-refractivity contribution in [2.75, 3.05) is 13.2 Å². The molecule has 0 aromatic rings. The molecule has 0 unspecified atom stereocenters. The molecule has 0 aliphatic rings. The SMILES string of the molecule is CCCCCCOC=CCCO. The first-order valence-electron chi connectivity index (χ1n) is 4.79. The summed E-state index contributed by atoms with van der Waals surface area (Å²) in [4.78, 5) is 0. The van der Waals surface area contributed by atoms with Gasteiger partial charge in [-0.1, -0.05) is 26.2 Å². The zero-order chi connectivity index (χ0) is 9.07. The van der Waals surface area contributed by atoms with Crippen LogP contribution in [0.4, 0.5) is 0 Å². The van der Waals surface area contributed by atoms with Crippen LogP contribution in [0.3, 0.4) is 0 Å². The Morgan fingerprint density at radius 1 is 1.25 bits per heavy atom. The highest BCUT2D eigenvalue weighted by atomic mass is 16.5. The molecule has 2 nitrogen and oxygen atoms in total. The van der Waals surface area contributed by atoms with E-state index in [1.807, 2.05) is 6.08 Å². The molecular formula is C10H20O2. The molecule has 12 heavy (non-hydrogen) atoms. The Kier molecular flexibility index (Phi) is 10.1. The third kappa shape index (κ3) is 9.50.